The number of anilines is 1. The van der Waals surface area contributed by atoms with Crippen LogP contribution in [0.5, 0.6) is 11.8 Å². The second-order valence-corrected chi connectivity index (χ2v) is 14.5. The third kappa shape index (κ3) is 5.65. The number of aromatic nitrogens is 3. The van der Waals surface area contributed by atoms with Gasteiger partial charge in [-0.05, 0) is 61.4 Å². The summed E-state index contributed by atoms with van der Waals surface area (Å²) in [6, 6.07) is 14.5. The molecule has 9 rings (SSSR count). The van der Waals surface area contributed by atoms with Gasteiger partial charge in [0.25, 0.3) is 0 Å². The van der Waals surface area contributed by atoms with Crippen LogP contribution in [0.2, 0.25) is 0 Å². The Morgan fingerprint density at radius 3 is 2.58 bits per heavy atom. The Balaban J connectivity index is 1.10. The molecule has 0 amide bonds. The number of oxime groups is 1. The van der Waals surface area contributed by atoms with Crippen molar-refractivity contribution in [3.05, 3.63) is 83.8 Å². The molecule has 268 valence electrons. The standard InChI is InChI=1S/C39H36F4N6O3/c40-26-15-39(11-4-12-49(39)19-26)21-51-38-45-36-29(16-44-35(33(36)43)28-14-27(50)13-23-9-10-30(41)32(42)31(23)28)37(46-38)48-17-24-7-8-25(18-48)34(24)47-52-20-22-5-2-1-3-6-22/h1-3,5-6,9-10,13-14,16,24-26,50H,4,7-8,11-12,15,17-21H2/t24?,25?,26-,39+/m1/s1. The number of ether oxygens (including phenoxy) is 1. The molecule has 2 bridgehead atoms. The quantitative estimate of drug-likeness (QED) is 0.132. The van der Waals surface area contributed by atoms with Gasteiger partial charge in [-0.1, -0.05) is 41.6 Å². The summed E-state index contributed by atoms with van der Waals surface area (Å²) in [7, 11) is 0. The lowest BCUT2D eigenvalue weighted by atomic mass is 9.95. The molecule has 13 heteroatoms. The van der Waals surface area contributed by atoms with Gasteiger partial charge in [0.1, 0.15) is 42.2 Å². The number of pyridine rings is 1. The molecule has 9 nitrogen and oxygen atoms in total. The summed E-state index contributed by atoms with van der Waals surface area (Å²) in [4.78, 5) is 23.7. The Kier molecular flexibility index (Phi) is 8.13. The van der Waals surface area contributed by atoms with Gasteiger partial charge in [0, 0.05) is 55.0 Å². The summed E-state index contributed by atoms with van der Waals surface area (Å²) < 4.78 is 67.4. The molecule has 3 saturated heterocycles. The van der Waals surface area contributed by atoms with E-state index in [-0.39, 0.29) is 57.7 Å². The van der Waals surface area contributed by atoms with Crippen LogP contribution in [0.25, 0.3) is 32.9 Å². The van der Waals surface area contributed by atoms with E-state index in [2.05, 4.69) is 24.9 Å². The lowest BCUT2D eigenvalue weighted by molar-refractivity contribution is 0.107. The molecule has 3 aliphatic heterocycles. The van der Waals surface area contributed by atoms with Gasteiger partial charge in [0.2, 0.25) is 0 Å². The SMILES string of the molecule is Oc1cc(-c2ncc3c(N4CC5CCC(C4)C5=NOCc4ccccc4)nc(OC[C@@]45CCCN4C[C@H](F)C5)nc3c2F)c2c(F)c(F)ccc2c1. The summed E-state index contributed by atoms with van der Waals surface area (Å²) in [5, 5.41) is 15.3. The molecule has 2 aromatic heterocycles. The van der Waals surface area contributed by atoms with Crippen molar-refractivity contribution in [3.63, 3.8) is 0 Å². The molecule has 2 unspecified atom stereocenters. The molecule has 4 atom stereocenters. The Labute approximate surface area is 296 Å². The molecule has 52 heavy (non-hydrogen) atoms. The van der Waals surface area contributed by atoms with E-state index in [4.69, 9.17) is 14.6 Å². The molecule has 0 spiro atoms. The van der Waals surface area contributed by atoms with Gasteiger partial charge in [-0.15, -0.1) is 0 Å². The first kappa shape index (κ1) is 32.8. The highest BCUT2D eigenvalue weighted by Crippen LogP contribution is 2.43. The first-order valence-corrected chi connectivity index (χ1v) is 17.7. The van der Waals surface area contributed by atoms with Crippen LogP contribution in [0.1, 0.15) is 37.7 Å². The molecule has 1 saturated carbocycles. The normalized spacial score (nSPS) is 24.2. The van der Waals surface area contributed by atoms with Crippen molar-refractivity contribution in [2.75, 3.05) is 37.7 Å². The number of rotatable bonds is 8. The van der Waals surface area contributed by atoms with Gasteiger partial charge < -0.3 is 19.6 Å². The zero-order chi connectivity index (χ0) is 35.6. The molecular formula is C39H36F4N6O3. The number of phenolic OH excluding ortho intramolecular Hbond substituents is 1. The average Bonchev–Trinajstić information content (AvgIpc) is 3.74. The first-order valence-electron chi connectivity index (χ1n) is 17.7. The predicted octanol–water partition coefficient (Wildman–Crippen LogP) is 7.34. The zero-order valence-electron chi connectivity index (χ0n) is 28.2. The van der Waals surface area contributed by atoms with Gasteiger partial charge in [-0.3, -0.25) is 9.88 Å². The summed E-state index contributed by atoms with van der Waals surface area (Å²) >= 11 is 0. The molecule has 1 N–H and O–H groups in total. The van der Waals surface area contributed by atoms with E-state index < -0.39 is 29.2 Å². The van der Waals surface area contributed by atoms with Crippen molar-refractivity contribution < 1.29 is 32.2 Å². The average molecular weight is 713 g/mol. The molecule has 4 aliphatic rings. The highest BCUT2D eigenvalue weighted by Gasteiger charge is 2.49. The lowest BCUT2D eigenvalue weighted by Gasteiger charge is -2.34. The Hall–Kier alpha value is -5.04. The van der Waals surface area contributed by atoms with E-state index >= 15 is 8.78 Å². The predicted molar refractivity (Wildman–Crippen MR) is 187 cm³/mol. The maximum Gasteiger partial charge on any atom is 0.319 e. The Morgan fingerprint density at radius 2 is 1.77 bits per heavy atom. The highest BCUT2D eigenvalue weighted by molar-refractivity contribution is 6.00. The summed E-state index contributed by atoms with van der Waals surface area (Å²) in [6.07, 6.45) is 4.33. The summed E-state index contributed by atoms with van der Waals surface area (Å²) in [5.74, 6) is -2.86. The van der Waals surface area contributed by atoms with Crippen LogP contribution in [-0.2, 0) is 11.4 Å². The van der Waals surface area contributed by atoms with E-state index in [1.165, 1.54) is 18.3 Å². The zero-order valence-corrected chi connectivity index (χ0v) is 28.2. The maximum absolute atomic E-state index is 16.9. The van der Waals surface area contributed by atoms with Gasteiger partial charge in [0.15, 0.2) is 17.5 Å². The number of piperidine rings is 1. The van der Waals surface area contributed by atoms with Crippen molar-refractivity contribution in [3.8, 4) is 23.0 Å². The van der Waals surface area contributed by atoms with Crippen LogP contribution in [0.15, 0.2) is 65.9 Å². The van der Waals surface area contributed by atoms with Crippen molar-refractivity contribution >= 4 is 33.2 Å². The van der Waals surface area contributed by atoms with Crippen LogP contribution in [0.4, 0.5) is 23.4 Å². The number of fused-ring (bicyclic) bond motifs is 5. The monoisotopic (exact) mass is 712 g/mol. The van der Waals surface area contributed by atoms with E-state index in [0.717, 1.165) is 55.6 Å². The third-order valence-electron chi connectivity index (χ3n) is 11.2. The highest BCUT2D eigenvalue weighted by atomic mass is 19.2. The molecule has 5 heterocycles. The topological polar surface area (TPSA) is 96.2 Å². The van der Waals surface area contributed by atoms with E-state index in [1.807, 2.05) is 30.3 Å². The molecule has 1 aliphatic carbocycles. The fourth-order valence-corrected chi connectivity index (χ4v) is 8.82. The smallest absolute Gasteiger partial charge is 0.319 e. The van der Waals surface area contributed by atoms with E-state index in [0.29, 0.717) is 43.9 Å². The molecule has 5 aromatic rings. The van der Waals surface area contributed by atoms with Crippen LogP contribution < -0.4 is 9.64 Å². The van der Waals surface area contributed by atoms with Crippen LogP contribution >= 0.6 is 0 Å². The number of phenols is 1. The number of nitrogens with zero attached hydrogens (tertiary/aromatic N) is 6. The largest absolute Gasteiger partial charge is 0.508 e. The third-order valence-corrected chi connectivity index (χ3v) is 11.2. The Bertz CT molecular complexity index is 2210. The maximum atomic E-state index is 16.9. The second kappa shape index (κ2) is 12.9. The molecular weight excluding hydrogens is 676 g/mol. The fraction of sp³-hybridized carbons (Fsp3) is 0.385. The summed E-state index contributed by atoms with van der Waals surface area (Å²) in [5.41, 5.74) is 0.984. The summed E-state index contributed by atoms with van der Waals surface area (Å²) in [6.45, 7) is 2.72. The van der Waals surface area contributed by atoms with Crippen LogP contribution in [0, 0.1) is 29.3 Å². The van der Waals surface area contributed by atoms with E-state index in [1.54, 1.807) is 0 Å². The minimum Gasteiger partial charge on any atom is -0.508 e. The van der Waals surface area contributed by atoms with Gasteiger partial charge in [0.05, 0.1) is 16.6 Å². The van der Waals surface area contributed by atoms with Gasteiger partial charge in [-0.25, -0.2) is 17.6 Å². The number of alkyl halides is 1. The number of benzene rings is 3. The second-order valence-electron chi connectivity index (χ2n) is 14.5. The molecule has 4 fully saturated rings. The lowest BCUT2D eigenvalue weighted by Crippen LogP contribution is -2.44. The minimum atomic E-state index is -1.18. The number of aromatic hydroxyl groups is 1. The fourth-order valence-electron chi connectivity index (χ4n) is 8.82. The Morgan fingerprint density at radius 1 is 0.962 bits per heavy atom. The molecule has 3 aromatic carbocycles. The van der Waals surface area contributed by atoms with Gasteiger partial charge >= 0.3 is 6.01 Å². The van der Waals surface area contributed by atoms with Gasteiger partial charge in [-0.2, -0.15) is 9.97 Å². The first-order chi connectivity index (χ1) is 25.3. The van der Waals surface area contributed by atoms with E-state index in [9.17, 15) is 13.9 Å². The van der Waals surface area contributed by atoms with Crippen molar-refractivity contribution in [1.29, 1.82) is 0 Å². The number of hydrogen-bond donors (Lipinski definition) is 1. The van der Waals surface area contributed by atoms with Crippen LogP contribution in [0.3, 0.4) is 0 Å². The number of hydrogen-bond acceptors (Lipinski definition) is 9. The minimum absolute atomic E-state index is 0.0712. The molecule has 0 radical (unpaired) electrons. The van der Waals surface area contributed by atoms with Crippen molar-refractivity contribution in [1.82, 2.24) is 19.9 Å². The van der Waals surface area contributed by atoms with Crippen LogP contribution in [-0.4, -0.2) is 75.2 Å². The number of halogens is 4. The van der Waals surface area contributed by atoms with Crippen molar-refractivity contribution in [2.45, 2.75) is 50.4 Å². The van der Waals surface area contributed by atoms with Crippen molar-refractivity contribution in [2.24, 2.45) is 17.0 Å².